The van der Waals surface area contributed by atoms with Crippen LogP contribution >= 0.6 is 0 Å². The van der Waals surface area contributed by atoms with E-state index in [0.29, 0.717) is 0 Å². The lowest BCUT2D eigenvalue weighted by Gasteiger charge is -2.19. The van der Waals surface area contributed by atoms with Crippen molar-refractivity contribution in [3.8, 4) is 0 Å². The second-order valence-electron chi connectivity index (χ2n) is 4.34. The number of carbonyl (C=O) groups excluding carboxylic acids is 1. The van der Waals surface area contributed by atoms with E-state index in [4.69, 9.17) is 9.84 Å². The van der Waals surface area contributed by atoms with E-state index >= 15 is 0 Å². The summed E-state index contributed by atoms with van der Waals surface area (Å²) in [7, 11) is 1.46. The molecule has 1 N–H and O–H groups in total. The summed E-state index contributed by atoms with van der Waals surface area (Å²) < 4.78 is 6.20. The summed E-state index contributed by atoms with van der Waals surface area (Å²) in [5, 5.41) is 12.6. The van der Waals surface area contributed by atoms with Gasteiger partial charge in [-0.05, 0) is 20.8 Å². The van der Waals surface area contributed by atoms with Gasteiger partial charge in [-0.15, -0.1) is 0 Å². The molecule has 0 aliphatic rings. The molecule has 0 saturated heterocycles. The summed E-state index contributed by atoms with van der Waals surface area (Å²) in [6.07, 6.45) is 1.19. The second kappa shape index (κ2) is 3.96. The Labute approximate surface area is 92.8 Å². The van der Waals surface area contributed by atoms with E-state index < -0.39 is 17.5 Å². The van der Waals surface area contributed by atoms with Crippen LogP contribution in [-0.4, -0.2) is 32.4 Å². The molecule has 88 valence electrons. The first-order valence-electron chi connectivity index (χ1n) is 4.71. The average Bonchev–Trinajstić information content (AvgIpc) is 2.43. The van der Waals surface area contributed by atoms with Crippen LogP contribution < -0.4 is 0 Å². The summed E-state index contributed by atoms with van der Waals surface area (Å²) in [6, 6.07) is 0. The summed E-state index contributed by atoms with van der Waals surface area (Å²) in [4.78, 5) is 22.6. The monoisotopic (exact) mass is 226 g/mol. The minimum Gasteiger partial charge on any atom is -0.477 e. The number of carboxylic acids is 1. The Balaban J connectivity index is 3.05. The van der Waals surface area contributed by atoms with Crippen molar-refractivity contribution in [2.24, 2.45) is 7.05 Å². The number of nitrogens with zero attached hydrogens (tertiary/aromatic N) is 2. The molecule has 0 saturated carbocycles. The molecular weight excluding hydrogens is 212 g/mol. The molecule has 0 bridgehead atoms. The Hall–Kier alpha value is -1.85. The normalized spacial score (nSPS) is 11.2. The zero-order valence-electron chi connectivity index (χ0n) is 9.64. The summed E-state index contributed by atoms with van der Waals surface area (Å²) >= 11 is 0. The quantitative estimate of drug-likeness (QED) is 0.763. The van der Waals surface area contributed by atoms with Crippen LogP contribution in [0.2, 0.25) is 0 Å². The van der Waals surface area contributed by atoms with Gasteiger partial charge in [0.2, 0.25) is 0 Å². The molecule has 1 aromatic rings. The first-order chi connectivity index (χ1) is 7.22. The average molecular weight is 226 g/mol. The number of hydrogen-bond acceptors (Lipinski definition) is 4. The predicted molar refractivity (Wildman–Crippen MR) is 55.3 cm³/mol. The van der Waals surface area contributed by atoms with Crippen molar-refractivity contribution < 1.29 is 19.4 Å². The van der Waals surface area contributed by atoms with Gasteiger partial charge in [0, 0.05) is 7.05 Å². The van der Waals surface area contributed by atoms with Gasteiger partial charge in [-0.2, -0.15) is 5.10 Å². The van der Waals surface area contributed by atoms with Crippen molar-refractivity contribution in [2.75, 3.05) is 0 Å². The van der Waals surface area contributed by atoms with Crippen molar-refractivity contribution in [1.29, 1.82) is 0 Å². The predicted octanol–water partition coefficient (Wildman–Crippen LogP) is 1.07. The smallest absolute Gasteiger partial charge is 0.355 e. The zero-order valence-corrected chi connectivity index (χ0v) is 9.64. The van der Waals surface area contributed by atoms with Crippen molar-refractivity contribution in [2.45, 2.75) is 26.4 Å². The number of aromatic nitrogens is 2. The Bertz CT molecular complexity index is 429. The topological polar surface area (TPSA) is 81.4 Å². The molecule has 0 aliphatic carbocycles. The zero-order chi connectivity index (χ0) is 12.5. The SMILES string of the molecule is Cn1ncc(C(=O)OC(C)(C)C)c1C(=O)O. The fourth-order valence-electron chi connectivity index (χ4n) is 1.17. The minimum atomic E-state index is -1.21. The molecule has 16 heavy (non-hydrogen) atoms. The number of rotatable bonds is 2. The molecule has 0 radical (unpaired) electrons. The Morgan fingerprint density at radius 3 is 2.44 bits per heavy atom. The van der Waals surface area contributed by atoms with Crippen molar-refractivity contribution in [1.82, 2.24) is 9.78 Å². The number of ether oxygens (including phenoxy) is 1. The lowest BCUT2D eigenvalue weighted by atomic mass is 10.2. The third-order valence-corrected chi connectivity index (χ3v) is 1.76. The number of aromatic carboxylic acids is 1. The fourth-order valence-corrected chi connectivity index (χ4v) is 1.17. The molecule has 0 aliphatic heterocycles. The molecule has 0 atom stereocenters. The molecule has 6 nitrogen and oxygen atoms in total. The van der Waals surface area contributed by atoms with Crippen LogP contribution in [0, 0.1) is 0 Å². The molecule has 0 amide bonds. The van der Waals surface area contributed by atoms with Crippen LogP contribution in [0.5, 0.6) is 0 Å². The highest BCUT2D eigenvalue weighted by atomic mass is 16.6. The minimum absolute atomic E-state index is 0.0371. The van der Waals surface area contributed by atoms with Gasteiger partial charge in [0.15, 0.2) is 5.69 Å². The molecule has 0 spiro atoms. The van der Waals surface area contributed by atoms with Gasteiger partial charge in [0.1, 0.15) is 11.2 Å². The molecule has 1 heterocycles. The van der Waals surface area contributed by atoms with E-state index in [1.54, 1.807) is 20.8 Å². The molecule has 6 heteroatoms. The van der Waals surface area contributed by atoms with Gasteiger partial charge in [0.05, 0.1) is 6.20 Å². The fraction of sp³-hybridized carbons (Fsp3) is 0.500. The van der Waals surface area contributed by atoms with E-state index in [0.717, 1.165) is 4.68 Å². The summed E-state index contributed by atoms with van der Waals surface area (Å²) in [5.41, 5.74) is -0.873. The van der Waals surface area contributed by atoms with Crippen molar-refractivity contribution in [3.05, 3.63) is 17.5 Å². The first kappa shape index (κ1) is 12.2. The van der Waals surface area contributed by atoms with Gasteiger partial charge in [0.25, 0.3) is 0 Å². The van der Waals surface area contributed by atoms with E-state index in [1.807, 2.05) is 0 Å². The van der Waals surface area contributed by atoms with Gasteiger partial charge in [-0.3, -0.25) is 4.68 Å². The third kappa shape index (κ3) is 2.59. The number of hydrogen-bond donors (Lipinski definition) is 1. The van der Waals surface area contributed by atoms with Crippen LogP contribution in [0.1, 0.15) is 41.6 Å². The third-order valence-electron chi connectivity index (χ3n) is 1.76. The summed E-state index contributed by atoms with van der Waals surface area (Å²) in [5.74, 6) is -1.89. The molecule has 1 aromatic heterocycles. The Morgan fingerprint density at radius 2 is 2.00 bits per heavy atom. The second-order valence-corrected chi connectivity index (χ2v) is 4.34. The lowest BCUT2D eigenvalue weighted by Crippen LogP contribution is -2.25. The highest BCUT2D eigenvalue weighted by molar-refractivity contribution is 6.01. The van der Waals surface area contributed by atoms with E-state index in [1.165, 1.54) is 13.2 Å². The van der Waals surface area contributed by atoms with Gasteiger partial charge < -0.3 is 9.84 Å². The maximum absolute atomic E-state index is 11.7. The number of carboxylic acid groups (broad SMARTS) is 1. The van der Waals surface area contributed by atoms with Gasteiger partial charge >= 0.3 is 11.9 Å². The number of aryl methyl sites for hydroxylation is 1. The standard InChI is InChI=1S/C10H14N2O4/c1-10(2,3)16-9(15)6-5-11-12(4)7(6)8(13)14/h5H,1-4H3,(H,13,14). The molecular formula is C10H14N2O4. The van der Waals surface area contributed by atoms with Crippen LogP contribution in [0.25, 0.3) is 0 Å². The highest BCUT2D eigenvalue weighted by Gasteiger charge is 2.25. The molecule has 0 aromatic carbocycles. The molecule has 0 fully saturated rings. The van der Waals surface area contributed by atoms with E-state index in [9.17, 15) is 9.59 Å². The van der Waals surface area contributed by atoms with Gasteiger partial charge in [-0.1, -0.05) is 0 Å². The van der Waals surface area contributed by atoms with E-state index in [2.05, 4.69) is 5.10 Å². The van der Waals surface area contributed by atoms with Crippen LogP contribution in [-0.2, 0) is 11.8 Å². The Kier molecular flexibility index (Phi) is 3.02. The van der Waals surface area contributed by atoms with Crippen LogP contribution in [0.3, 0.4) is 0 Å². The lowest BCUT2D eigenvalue weighted by molar-refractivity contribution is 0.00656. The maximum Gasteiger partial charge on any atom is 0.355 e. The number of carbonyl (C=O) groups is 2. The van der Waals surface area contributed by atoms with E-state index in [-0.39, 0.29) is 11.3 Å². The van der Waals surface area contributed by atoms with Gasteiger partial charge in [-0.25, -0.2) is 9.59 Å². The maximum atomic E-state index is 11.7. The highest BCUT2D eigenvalue weighted by Crippen LogP contribution is 2.14. The first-order valence-corrected chi connectivity index (χ1v) is 4.71. The molecule has 1 rings (SSSR count). The Morgan fingerprint density at radius 1 is 1.44 bits per heavy atom. The molecule has 0 unspecified atom stereocenters. The van der Waals surface area contributed by atoms with Crippen molar-refractivity contribution >= 4 is 11.9 Å². The van der Waals surface area contributed by atoms with Crippen molar-refractivity contribution in [3.63, 3.8) is 0 Å². The largest absolute Gasteiger partial charge is 0.477 e. The van der Waals surface area contributed by atoms with Crippen LogP contribution in [0.4, 0.5) is 0 Å². The van der Waals surface area contributed by atoms with Crippen LogP contribution in [0.15, 0.2) is 6.20 Å². The summed E-state index contributed by atoms with van der Waals surface area (Å²) in [6.45, 7) is 5.13. The number of esters is 1.